The van der Waals surface area contributed by atoms with Gasteiger partial charge in [0.1, 0.15) is 5.75 Å². The number of halogens is 1. The van der Waals surface area contributed by atoms with Gasteiger partial charge in [-0.2, -0.15) is 0 Å². The van der Waals surface area contributed by atoms with Crippen molar-refractivity contribution in [1.29, 1.82) is 0 Å². The molecule has 2 nitrogen and oxygen atoms in total. The predicted octanol–water partition coefficient (Wildman–Crippen LogP) is 2.54. The Balaban J connectivity index is 2.62. The Bertz CT molecular complexity index is 383. The van der Waals surface area contributed by atoms with Gasteiger partial charge in [0.15, 0.2) is 0 Å². The predicted molar refractivity (Wildman–Crippen MR) is 50.1 cm³/mol. The Hall–Kier alpha value is -1.02. The first-order chi connectivity index (χ1) is 6.01. The summed E-state index contributed by atoms with van der Waals surface area (Å²) in [5.74, 6) is 0.368. The number of hydrogen-bond donors (Lipinski definition) is 0. The highest BCUT2D eigenvalue weighted by Crippen LogP contribution is 2.40. The Kier molecular flexibility index (Phi) is 1.64. The molecule has 0 N–H and O–H groups in total. The normalized spacial score (nSPS) is 18.2. The SMILES string of the molecule is CC1(C)C(=O)Oc2cc(Cl)ccc21. The molecule has 0 amide bonds. The highest BCUT2D eigenvalue weighted by molar-refractivity contribution is 6.30. The van der Waals surface area contributed by atoms with E-state index in [1.807, 2.05) is 19.9 Å². The van der Waals surface area contributed by atoms with Gasteiger partial charge < -0.3 is 4.74 Å². The van der Waals surface area contributed by atoms with Crippen LogP contribution >= 0.6 is 11.6 Å². The molecule has 0 unspecified atom stereocenters. The van der Waals surface area contributed by atoms with Gasteiger partial charge in [0.25, 0.3) is 0 Å². The third-order valence-corrected chi connectivity index (χ3v) is 2.57. The first-order valence-corrected chi connectivity index (χ1v) is 4.42. The van der Waals surface area contributed by atoms with Crippen molar-refractivity contribution in [3.63, 3.8) is 0 Å². The van der Waals surface area contributed by atoms with Gasteiger partial charge in [-0.3, -0.25) is 4.79 Å². The molecule has 0 aromatic heterocycles. The number of carbonyl (C=O) groups excluding carboxylic acids is 1. The van der Waals surface area contributed by atoms with Crippen LogP contribution in [-0.4, -0.2) is 5.97 Å². The molecule has 1 aliphatic heterocycles. The highest BCUT2D eigenvalue weighted by atomic mass is 35.5. The summed E-state index contributed by atoms with van der Waals surface area (Å²) in [4.78, 5) is 11.4. The molecule has 1 heterocycles. The van der Waals surface area contributed by atoms with Crippen molar-refractivity contribution in [2.24, 2.45) is 0 Å². The quantitative estimate of drug-likeness (QED) is 0.471. The lowest BCUT2D eigenvalue weighted by molar-refractivity contribution is -0.137. The summed E-state index contributed by atoms with van der Waals surface area (Å²) in [5.41, 5.74) is 0.363. The summed E-state index contributed by atoms with van der Waals surface area (Å²) in [7, 11) is 0. The number of carbonyl (C=O) groups is 1. The molecule has 0 radical (unpaired) electrons. The molecular formula is C10H9ClO2. The lowest BCUT2D eigenvalue weighted by atomic mass is 9.86. The van der Waals surface area contributed by atoms with Crippen molar-refractivity contribution < 1.29 is 9.53 Å². The smallest absolute Gasteiger partial charge is 0.321 e. The Morgan fingerprint density at radius 1 is 1.38 bits per heavy atom. The average molecular weight is 197 g/mol. The van der Waals surface area contributed by atoms with E-state index in [0.29, 0.717) is 10.8 Å². The zero-order valence-electron chi connectivity index (χ0n) is 7.43. The molecule has 0 aliphatic carbocycles. The fraction of sp³-hybridized carbons (Fsp3) is 0.300. The van der Waals surface area contributed by atoms with Gasteiger partial charge in [0.05, 0.1) is 5.41 Å². The molecule has 3 heteroatoms. The summed E-state index contributed by atoms with van der Waals surface area (Å²) in [6, 6.07) is 5.27. The third-order valence-electron chi connectivity index (χ3n) is 2.33. The summed E-state index contributed by atoms with van der Waals surface area (Å²) in [6.07, 6.45) is 0. The van der Waals surface area contributed by atoms with E-state index < -0.39 is 5.41 Å². The van der Waals surface area contributed by atoms with E-state index in [9.17, 15) is 4.79 Å². The van der Waals surface area contributed by atoms with Crippen LogP contribution in [-0.2, 0) is 10.2 Å². The molecule has 0 atom stereocenters. The first-order valence-electron chi connectivity index (χ1n) is 4.04. The molecule has 1 aromatic carbocycles. The summed E-state index contributed by atoms with van der Waals surface area (Å²) >= 11 is 5.77. The third kappa shape index (κ3) is 1.13. The second kappa shape index (κ2) is 2.48. The van der Waals surface area contributed by atoms with Crippen LogP contribution < -0.4 is 4.74 Å². The van der Waals surface area contributed by atoms with Crippen LogP contribution in [0.3, 0.4) is 0 Å². The zero-order valence-corrected chi connectivity index (χ0v) is 8.18. The molecular weight excluding hydrogens is 188 g/mol. The number of hydrogen-bond acceptors (Lipinski definition) is 2. The fourth-order valence-electron chi connectivity index (χ4n) is 1.43. The van der Waals surface area contributed by atoms with Gasteiger partial charge in [-0.05, 0) is 26.0 Å². The van der Waals surface area contributed by atoms with Gasteiger partial charge in [-0.25, -0.2) is 0 Å². The Labute approximate surface area is 81.5 Å². The van der Waals surface area contributed by atoms with Crippen LogP contribution in [0.25, 0.3) is 0 Å². The van der Waals surface area contributed by atoms with Crippen LogP contribution in [0.1, 0.15) is 19.4 Å². The maximum atomic E-state index is 11.4. The minimum absolute atomic E-state index is 0.218. The van der Waals surface area contributed by atoms with Crippen LogP contribution in [0.2, 0.25) is 5.02 Å². The first kappa shape index (κ1) is 8.57. The minimum atomic E-state index is -0.542. The Morgan fingerprint density at radius 3 is 2.77 bits per heavy atom. The van der Waals surface area contributed by atoms with Gasteiger partial charge in [0.2, 0.25) is 0 Å². The summed E-state index contributed by atoms with van der Waals surface area (Å²) < 4.78 is 5.08. The van der Waals surface area contributed by atoms with Crippen LogP contribution in [0, 0.1) is 0 Å². The van der Waals surface area contributed by atoms with Crippen molar-refractivity contribution in [2.75, 3.05) is 0 Å². The van der Waals surface area contributed by atoms with E-state index in [4.69, 9.17) is 16.3 Å². The molecule has 0 bridgehead atoms. The lowest BCUT2D eigenvalue weighted by Crippen LogP contribution is -2.25. The number of fused-ring (bicyclic) bond motifs is 1. The topological polar surface area (TPSA) is 26.3 Å². The molecule has 68 valence electrons. The van der Waals surface area contributed by atoms with Crippen molar-refractivity contribution in [1.82, 2.24) is 0 Å². The van der Waals surface area contributed by atoms with E-state index in [0.717, 1.165) is 5.56 Å². The number of benzene rings is 1. The molecule has 0 saturated heterocycles. The van der Waals surface area contributed by atoms with E-state index in [1.54, 1.807) is 12.1 Å². The van der Waals surface area contributed by atoms with Crippen LogP contribution in [0.15, 0.2) is 18.2 Å². The molecule has 1 aromatic rings. The largest absolute Gasteiger partial charge is 0.425 e. The van der Waals surface area contributed by atoms with E-state index in [1.165, 1.54) is 0 Å². The van der Waals surface area contributed by atoms with Gasteiger partial charge in [-0.1, -0.05) is 17.7 Å². The molecule has 0 fully saturated rings. The van der Waals surface area contributed by atoms with Crippen molar-refractivity contribution in [3.05, 3.63) is 28.8 Å². The molecule has 0 spiro atoms. The Morgan fingerprint density at radius 2 is 2.08 bits per heavy atom. The number of rotatable bonds is 0. The highest BCUT2D eigenvalue weighted by Gasteiger charge is 2.40. The van der Waals surface area contributed by atoms with Crippen molar-refractivity contribution in [2.45, 2.75) is 19.3 Å². The standard InChI is InChI=1S/C10H9ClO2/c1-10(2)7-4-3-6(11)5-8(7)13-9(10)12/h3-5H,1-2H3. The molecule has 2 rings (SSSR count). The summed E-state index contributed by atoms with van der Waals surface area (Å²) in [5, 5.41) is 0.587. The van der Waals surface area contributed by atoms with Crippen molar-refractivity contribution >= 4 is 17.6 Å². The van der Waals surface area contributed by atoms with E-state index in [-0.39, 0.29) is 5.97 Å². The maximum absolute atomic E-state index is 11.4. The lowest BCUT2D eigenvalue weighted by Gasteiger charge is -2.11. The number of ether oxygens (including phenoxy) is 1. The average Bonchev–Trinajstić information content (AvgIpc) is 2.23. The zero-order chi connectivity index (χ0) is 9.64. The maximum Gasteiger partial charge on any atom is 0.321 e. The van der Waals surface area contributed by atoms with Gasteiger partial charge in [0, 0.05) is 10.6 Å². The molecule has 0 saturated carbocycles. The molecule has 1 aliphatic rings. The van der Waals surface area contributed by atoms with Crippen LogP contribution in [0.4, 0.5) is 0 Å². The van der Waals surface area contributed by atoms with Crippen molar-refractivity contribution in [3.8, 4) is 5.75 Å². The van der Waals surface area contributed by atoms with E-state index in [2.05, 4.69) is 0 Å². The fourth-order valence-corrected chi connectivity index (χ4v) is 1.60. The van der Waals surface area contributed by atoms with Crippen LogP contribution in [0.5, 0.6) is 5.75 Å². The van der Waals surface area contributed by atoms with Gasteiger partial charge >= 0.3 is 5.97 Å². The minimum Gasteiger partial charge on any atom is -0.425 e. The van der Waals surface area contributed by atoms with Gasteiger partial charge in [-0.15, -0.1) is 0 Å². The second-order valence-electron chi connectivity index (χ2n) is 3.66. The molecule has 13 heavy (non-hydrogen) atoms. The second-order valence-corrected chi connectivity index (χ2v) is 4.09. The number of esters is 1. The van der Waals surface area contributed by atoms with E-state index >= 15 is 0 Å². The summed E-state index contributed by atoms with van der Waals surface area (Å²) in [6.45, 7) is 3.68. The monoisotopic (exact) mass is 196 g/mol.